The summed E-state index contributed by atoms with van der Waals surface area (Å²) in [4.78, 5) is 30.5. The third-order valence-electron chi connectivity index (χ3n) is 3.66. The van der Waals surface area contributed by atoms with Crippen LogP contribution in [0.2, 0.25) is 0 Å². The second-order valence-electron chi connectivity index (χ2n) is 5.42. The Bertz CT molecular complexity index is 841. The Labute approximate surface area is 143 Å². The first-order valence-electron chi connectivity index (χ1n) is 7.60. The minimum Gasteiger partial charge on any atom is -0.353 e. The number of para-hydroxylation sites is 2. The number of benzene rings is 1. The van der Waals surface area contributed by atoms with E-state index < -0.39 is 0 Å². The van der Waals surface area contributed by atoms with Crippen molar-refractivity contribution in [1.82, 2.24) is 19.8 Å². The van der Waals surface area contributed by atoms with Gasteiger partial charge in [-0.25, -0.2) is 4.98 Å². The molecule has 6 nitrogen and oxygen atoms in total. The number of thiophene rings is 1. The van der Waals surface area contributed by atoms with E-state index in [9.17, 15) is 9.59 Å². The number of amides is 2. The molecule has 1 aromatic carbocycles. The van der Waals surface area contributed by atoms with Crippen molar-refractivity contribution in [3.8, 4) is 0 Å². The van der Waals surface area contributed by atoms with Crippen molar-refractivity contribution >= 4 is 34.2 Å². The molecule has 0 unspecified atom stereocenters. The molecule has 0 aliphatic carbocycles. The molecule has 0 atom stereocenters. The van der Waals surface area contributed by atoms with E-state index in [2.05, 4.69) is 10.3 Å². The largest absolute Gasteiger partial charge is 0.353 e. The van der Waals surface area contributed by atoms with Gasteiger partial charge in [-0.1, -0.05) is 18.2 Å². The fourth-order valence-electron chi connectivity index (χ4n) is 2.44. The first-order chi connectivity index (χ1) is 11.6. The third-order valence-corrected chi connectivity index (χ3v) is 4.52. The Morgan fingerprint density at radius 1 is 1.25 bits per heavy atom. The van der Waals surface area contributed by atoms with E-state index in [1.807, 2.05) is 40.3 Å². The van der Waals surface area contributed by atoms with E-state index in [-0.39, 0.29) is 18.4 Å². The molecule has 24 heavy (non-hydrogen) atoms. The number of fused-ring (bicyclic) bond motifs is 1. The predicted molar refractivity (Wildman–Crippen MR) is 94.0 cm³/mol. The van der Waals surface area contributed by atoms with Crippen LogP contribution in [-0.2, 0) is 11.3 Å². The van der Waals surface area contributed by atoms with E-state index in [4.69, 9.17) is 0 Å². The highest BCUT2D eigenvalue weighted by atomic mass is 32.1. The van der Waals surface area contributed by atoms with Crippen molar-refractivity contribution in [3.05, 3.63) is 53.0 Å². The Kier molecular flexibility index (Phi) is 4.90. The molecule has 2 heterocycles. The maximum Gasteiger partial charge on any atom is 0.264 e. The smallest absolute Gasteiger partial charge is 0.264 e. The van der Waals surface area contributed by atoms with E-state index in [0.29, 0.717) is 18.0 Å². The van der Waals surface area contributed by atoms with Gasteiger partial charge in [-0.3, -0.25) is 9.59 Å². The molecule has 1 N–H and O–H groups in total. The highest BCUT2D eigenvalue weighted by Crippen LogP contribution is 2.11. The van der Waals surface area contributed by atoms with Crippen LogP contribution >= 0.6 is 11.3 Å². The van der Waals surface area contributed by atoms with Gasteiger partial charge in [0.1, 0.15) is 0 Å². The lowest BCUT2D eigenvalue weighted by molar-refractivity contribution is -0.121. The summed E-state index contributed by atoms with van der Waals surface area (Å²) >= 11 is 1.37. The number of nitrogens with zero attached hydrogens (tertiary/aromatic N) is 3. The van der Waals surface area contributed by atoms with Crippen molar-refractivity contribution in [2.45, 2.75) is 6.54 Å². The third kappa shape index (κ3) is 3.62. The van der Waals surface area contributed by atoms with Crippen LogP contribution in [0.1, 0.15) is 9.67 Å². The van der Waals surface area contributed by atoms with Gasteiger partial charge in [-0.2, -0.15) is 0 Å². The molecule has 0 radical (unpaired) electrons. The number of carbonyl (C=O) groups is 2. The van der Waals surface area contributed by atoms with Gasteiger partial charge in [0.05, 0.1) is 28.8 Å². The lowest BCUT2D eigenvalue weighted by Crippen LogP contribution is -2.39. The monoisotopic (exact) mass is 342 g/mol. The highest BCUT2D eigenvalue weighted by molar-refractivity contribution is 7.12. The van der Waals surface area contributed by atoms with Gasteiger partial charge in [0.25, 0.3) is 5.91 Å². The summed E-state index contributed by atoms with van der Waals surface area (Å²) in [5.41, 5.74) is 1.97. The molecule has 0 saturated heterocycles. The van der Waals surface area contributed by atoms with Gasteiger partial charge in [-0.05, 0) is 23.6 Å². The number of hydrogen-bond donors (Lipinski definition) is 1. The number of imidazole rings is 1. The van der Waals surface area contributed by atoms with E-state index >= 15 is 0 Å². The molecule has 124 valence electrons. The first-order valence-corrected chi connectivity index (χ1v) is 8.48. The van der Waals surface area contributed by atoms with Crippen LogP contribution in [0.3, 0.4) is 0 Å². The second kappa shape index (κ2) is 7.27. The average molecular weight is 342 g/mol. The number of carbonyl (C=O) groups excluding carboxylic acids is 2. The molecule has 0 fully saturated rings. The summed E-state index contributed by atoms with van der Waals surface area (Å²) < 4.78 is 2.00. The van der Waals surface area contributed by atoms with Crippen molar-refractivity contribution in [3.63, 3.8) is 0 Å². The summed E-state index contributed by atoms with van der Waals surface area (Å²) in [5, 5.41) is 4.68. The zero-order valence-electron chi connectivity index (χ0n) is 13.3. The molecule has 0 spiro atoms. The fourth-order valence-corrected chi connectivity index (χ4v) is 3.15. The van der Waals surface area contributed by atoms with Crippen LogP contribution in [0.4, 0.5) is 0 Å². The summed E-state index contributed by atoms with van der Waals surface area (Å²) in [6.07, 6.45) is 1.77. The van der Waals surface area contributed by atoms with Crippen LogP contribution in [0, 0.1) is 0 Å². The lowest BCUT2D eigenvalue weighted by Gasteiger charge is -2.16. The molecule has 7 heteroatoms. The summed E-state index contributed by atoms with van der Waals surface area (Å²) in [5.74, 6) is -0.312. The number of rotatable bonds is 6. The molecule has 3 aromatic rings. The maximum absolute atomic E-state index is 12.1. The maximum atomic E-state index is 12.1. The van der Waals surface area contributed by atoms with E-state index in [1.54, 1.807) is 19.4 Å². The average Bonchev–Trinajstić information content (AvgIpc) is 3.24. The van der Waals surface area contributed by atoms with Gasteiger partial charge < -0.3 is 14.8 Å². The molecule has 0 bridgehead atoms. The SMILES string of the molecule is CN(CC(=O)NCCn1cnc2ccccc21)C(=O)c1cccs1. The van der Waals surface area contributed by atoms with Crippen LogP contribution in [0.15, 0.2) is 48.1 Å². The molecule has 2 aromatic heterocycles. The topological polar surface area (TPSA) is 67.2 Å². The van der Waals surface area contributed by atoms with Gasteiger partial charge >= 0.3 is 0 Å². The Balaban J connectivity index is 1.48. The Morgan fingerprint density at radius 3 is 2.88 bits per heavy atom. The number of likely N-dealkylation sites (N-methyl/N-ethyl adjacent to an activating group) is 1. The molecular formula is C17H18N4O2S. The normalized spacial score (nSPS) is 10.7. The van der Waals surface area contributed by atoms with Crippen LogP contribution in [0.25, 0.3) is 11.0 Å². The molecule has 2 amide bonds. The van der Waals surface area contributed by atoms with Gasteiger partial charge in [-0.15, -0.1) is 11.3 Å². The molecule has 0 saturated carbocycles. The lowest BCUT2D eigenvalue weighted by atomic mass is 10.3. The molecule has 0 aliphatic rings. The Hall–Kier alpha value is -2.67. The minimum atomic E-state index is -0.174. The van der Waals surface area contributed by atoms with Crippen molar-refractivity contribution in [2.24, 2.45) is 0 Å². The molecule has 3 rings (SSSR count). The van der Waals surface area contributed by atoms with Gasteiger partial charge in [0, 0.05) is 20.1 Å². The highest BCUT2D eigenvalue weighted by Gasteiger charge is 2.15. The number of nitrogens with one attached hydrogen (secondary N) is 1. The number of aromatic nitrogens is 2. The minimum absolute atomic E-state index is 0.0431. The zero-order valence-corrected chi connectivity index (χ0v) is 14.1. The first kappa shape index (κ1) is 16.2. The van der Waals surface area contributed by atoms with E-state index in [0.717, 1.165) is 11.0 Å². The molecular weight excluding hydrogens is 324 g/mol. The van der Waals surface area contributed by atoms with Gasteiger partial charge in [0.15, 0.2) is 0 Å². The molecule has 0 aliphatic heterocycles. The Morgan fingerprint density at radius 2 is 2.08 bits per heavy atom. The zero-order chi connectivity index (χ0) is 16.9. The summed E-state index contributed by atoms with van der Waals surface area (Å²) in [6, 6.07) is 11.4. The van der Waals surface area contributed by atoms with Crippen molar-refractivity contribution in [1.29, 1.82) is 0 Å². The number of hydrogen-bond acceptors (Lipinski definition) is 4. The quantitative estimate of drug-likeness (QED) is 0.745. The summed E-state index contributed by atoms with van der Waals surface area (Å²) in [6.45, 7) is 1.16. The van der Waals surface area contributed by atoms with Crippen LogP contribution < -0.4 is 5.32 Å². The fraction of sp³-hybridized carbons (Fsp3) is 0.235. The van der Waals surface area contributed by atoms with Crippen LogP contribution in [-0.4, -0.2) is 46.4 Å². The van der Waals surface area contributed by atoms with Gasteiger partial charge in [0.2, 0.25) is 5.91 Å². The van der Waals surface area contributed by atoms with Crippen LogP contribution in [0.5, 0.6) is 0 Å². The standard InChI is InChI=1S/C17H18N4O2S/c1-20(17(23)15-7-4-10-24-15)11-16(22)18-8-9-21-12-19-13-5-2-3-6-14(13)21/h2-7,10,12H,8-9,11H2,1H3,(H,18,22). The summed E-state index contributed by atoms with van der Waals surface area (Å²) in [7, 11) is 1.63. The predicted octanol–water partition coefficient (Wildman–Crippen LogP) is 1.99. The van der Waals surface area contributed by atoms with E-state index in [1.165, 1.54) is 16.2 Å². The second-order valence-corrected chi connectivity index (χ2v) is 6.36. The van der Waals surface area contributed by atoms with Crippen molar-refractivity contribution in [2.75, 3.05) is 20.1 Å². The van der Waals surface area contributed by atoms with Crippen molar-refractivity contribution < 1.29 is 9.59 Å².